The molecule has 2 saturated heterocycles. The van der Waals surface area contributed by atoms with Crippen LogP contribution in [0.25, 0.3) is 0 Å². The van der Waals surface area contributed by atoms with Crippen LogP contribution in [0.2, 0.25) is 25.7 Å². The minimum atomic E-state index is -4.03. The van der Waals surface area contributed by atoms with E-state index < -0.39 is 32.3 Å². The molecule has 2 aromatic carbocycles. The Bertz CT molecular complexity index is 2600. The number of nitrogens with one attached hydrogen (secondary N) is 4. The zero-order chi connectivity index (χ0) is 49.1. The van der Waals surface area contributed by atoms with Gasteiger partial charge >= 0.3 is 0 Å². The number of aryl methyl sites for hydroxylation is 4. The number of ether oxygens (including phenoxy) is 1. The zero-order valence-corrected chi connectivity index (χ0v) is 45.3. The molecule has 0 amide bonds. The minimum absolute atomic E-state index is 0.0697. The first-order valence-electron chi connectivity index (χ1n) is 25.1. The molecular weight excluding hydrogens is 952 g/mol. The molecular formula is C48H75ClN12O5S2Si. The number of H-pyrrole nitrogens is 1. The fourth-order valence-electron chi connectivity index (χ4n) is 10.9. The largest absolute Gasteiger partial charge is 0.359 e. The van der Waals surface area contributed by atoms with Crippen molar-refractivity contribution in [3.8, 4) is 0 Å². The van der Waals surface area contributed by atoms with E-state index in [-0.39, 0.29) is 11.9 Å². The van der Waals surface area contributed by atoms with Crippen molar-refractivity contribution < 1.29 is 21.6 Å². The Hall–Kier alpha value is -3.47. The van der Waals surface area contributed by atoms with Gasteiger partial charge in [0.05, 0.1) is 0 Å². The van der Waals surface area contributed by atoms with Crippen molar-refractivity contribution in [1.82, 2.24) is 49.4 Å². The number of halogens is 1. The highest BCUT2D eigenvalue weighted by molar-refractivity contribution is 8.13. The van der Waals surface area contributed by atoms with Crippen molar-refractivity contribution in [3.63, 3.8) is 0 Å². The summed E-state index contributed by atoms with van der Waals surface area (Å²) in [6, 6.07) is 5.75. The lowest BCUT2D eigenvalue weighted by atomic mass is 9.99. The van der Waals surface area contributed by atoms with Crippen LogP contribution in [0.3, 0.4) is 0 Å². The second-order valence-corrected chi connectivity index (χ2v) is 31.5. The van der Waals surface area contributed by atoms with Gasteiger partial charge in [-0.05, 0) is 194 Å². The number of rotatable bonds is 16. The van der Waals surface area contributed by atoms with Gasteiger partial charge in [-0.15, -0.1) is 10.2 Å². The fraction of sp³-hybridized carbons (Fsp3) is 0.667. The summed E-state index contributed by atoms with van der Waals surface area (Å²) in [5.41, 5.74) is 13.2. The van der Waals surface area contributed by atoms with Gasteiger partial charge in [-0.1, -0.05) is 31.8 Å². The molecule has 2 aromatic heterocycles. The number of nitrogens with zero attached hydrogens (tertiary/aromatic N) is 8. The number of anilines is 4. The minimum Gasteiger partial charge on any atom is -0.359 e. The summed E-state index contributed by atoms with van der Waals surface area (Å²) in [5.74, 6) is 1.95. The van der Waals surface area contributed by atoms with Crippen LogP contribution >= 0.6 is 10.7 Å². The molecule has 2 aliphatic heterocycles. The molecule has 0 radical (unpaired) electrons. The van der Waals surface area contributed by atoms with Crippen LogP contribution in [0.4, 0.5) is 23.3 Å². The average Bonchev–Trinajstić information content (AvgIpc) is 4.11. The van der Waals surface area contributed by atoms with Crippen LogP contribution in [-0.2, 0) is 81.9 Å². The molecule has 6 aliphatic rings. The first-order chi connectivity index (χ1) is 32.8. The second kappa shape index (κ2) is 22.1. The molecule has 4 aromatic rings. The molecule has 10 rings (SSSR count). The maximum atomic E-state index is 13.1. The molecule has 2 fully saturated rings. The topological polar surface area (TPSA) is 196 Å². The lowest BCUT2D eigenvalue weighted by Crippen LogP contribution is -2.31. The van der Waals surface area contributed by atoms with E-state index in [1.807, 2.05) is 14.1 Å². The molecule has 0 saturated carbocycles. The number of fused-ring (bicyclic) bond motifs is 4. The molecule has 0 unspecified atom stereocenters. The molecule has 4 aliphatic carbocycles. The van der Waals surface area contributed by atoms with Crippen molar-refractivity contribution in [1.29, 1.82) is 0 Å². The highest BCUT2D eigenvalue weighted by Gasteiger charge is 2.36. The lowest BCUT2D eigenvalue weighted by molar-refractivity contribution is 0.0792. The van der Waals surface area contributed by atoms with E-state index in [1.54, 1.807) is 0 Å². The summed E-state index contributed by atoms with van der Waals surface area (Å²) >= 11 is 0. The second-order valence-electron chi connectivity index (χ2n) is 21.6. The summed E-state index contributed by atoms with van der Waals surface area (Å²) in [6.45, 7) is 13.2. The number of sulfonamides is 1. The third kappa shape index (κ3) is 13.0. The standard InChI is InChI=1S/C21H30N6O2S.C20H29ClN4O3SSi.C7H16N2/c1-26(2)12-14-9-10-27(13-14)30(28,29)21-23-20(24-25-21)22-19-17-7-3-5-15(17)11-16-6-4-8-18(16)19;1-30(2,3)11-10-28-13-25-19(23-20(24-25)29(21,26)27)22-18-16-8-4-6-14(16)12-15-7-5-9-17(15)18;1-9(2)6-7-3-4-8-5-7/h11,14H,3-10,12-13H2,1-2H3,(H2,22,23,24,25);12H,4-11,13H2,1-3H3,(H,22,23,24);7-8H,3-6H2,1-2H3/t14-;;7-/m0.1/s1. The Labute approximate surface area is 415 Å². The van der Waals surface area contributed by atoms with Gasteiger partial charge in [0.15, 0.2) is 0 Å². The lowest BCUT2D eigenvalue weighted by Gasteiger charge is -2.18. The Kier molecular flexibility index (Phi) is 16.6. The van der Waals surface area contributed by atoms with Gasteiger partial charge < -0.3 is 30.5 Å². The van der Waals surface area contributed by atoms with Crippen LogP contribution in [-0.4, -0.2) is 143 Å². The first kappa shape index (κ1) is 51.9. The van der Waals surface area contributed by atoms with Crippen LogP contribution in [0, 0.1) is 11.8 Å². The van der Waals surface area contributed by atoms with Gasteiger partial charge in [0.1, 0.15) is 6.73 Å². The molecule has 17 nitrogen and oxygen atoms in total. The Morgan fingerprint density at radius 2 is 1.32 bits per heavy atom. The molecule has 0 spiro atoms. The molecule has 69 heavy (non-hydrogen) atoms. The number of aromatic amines is 1. The van der Waals surface area contributed by atoms with Crippen LogP contribution in [0.1, 0.15) is 83.0 Å². The van der Waals surface area contributed by atoms with Gasteiger partial charge in [0.25, 0.3) is 29.4 Å². The average molecular weight is 1030 g/mol. The van der Waals surface area contributed by atoms with E-state index >= 15 is 0 Å². The summed E-state index contributed by atoms with van der Waals surface area (Å²) in [4.78, 5) is 12.9. The summed E-state index contributed by atoms with van der Waals surface area (Å²) < 4.78 is 58.6. The third-order valence-electron chi connectivity index (χ3n) is 14.2. The van der Waals surface area contributed by atoms with E-state index in [0.29, 0.717) is 37.5 Å². The number of aromatic nitrogens is 6. The van der Waals surface area contributed by atoms with Crippen molar-refractivity contribution in [2.24, 2.45) is 11.8 Å². The summed E-state index contributed by atoms with van der Waals surface area (Å²) in [6.07, 6.45) is 15.4. The van der Waals surface area contributed by atoms with Crippen molar-refractivity contribution in [2.45, 2.75) is 133 Å². The SMILES string of the molecule is CN(C)C[C@@H]1CCN(S(=O)(=O)c2nc(Nc3c4c(cc5c3CCC5)CCC4)n[nH]2)C1.CN(C)C[C@@H]1CCNC1.C[Si](C)(C)CCOCn1nc(S(=O)(=O)Cl)nc1Nc1c2c(cc3c1CCC3)CCC2. The predicted molar refractivity (Wildman–Crippen MR) is 276 cm³/mol. The number of hydrogen-bond donors (Lipinski definition) is 4. The summed E-state index contributed by atoms with van der Waals surface area (Å²) in [7, 11) is 4.92. The maximum Gasteiger partial charge on any atom is 0.298 e. The predicted octanol–water partition coefficient (Wildman–Crippen LogP) is 6.49. The van der Waals surface area contributed by atoms with Crippen molar-refractivity contribution in [3.05, 3.63) is 56.6 Å². The molecule has 380 valence electrons. The van der Waals surface area contributed by atoms with Gasteiger partial charge in [-0.2, -0.15) is 14.3 Å². The van der Waals surface area contributed by atoms with E-state index in [4.69, 9.17) is 15.4 Å². The van der Waals surface area contributed by atoms with Gasteiger partial charge in [-0.25, -0.2) is 26.6 Å². The monoisotopic (exact) mass is 1030 g/mol. The van der Waals surface area contributed by atoms with Crippen LogP contribution in [0.5, 0.6) is 0 Å². The highest BCUT2D eigenvalue weighted by atomic mass is 35.7. The van der Waals surface area contributed by atoms with Crippen molar-refractivity contribution >= 4 is 61.1 Å². The third-order valence-corrected chi connectivity index (χ3v) is 18.6. The smallest absolute Gasteiger partial charge is 0.298 e. The molecule has 0 bridgehead atoms. The Morgan fingerprint density at radius 3 is 1.83 bits per heavy atom. The highest BCUT2D eigenvalue weighted by Crippen LogP contribution is 2.41. The molecule has 4 N–H and O–H groups in total. The molecule has 2 atom stereocenters. The normalized spacial score (nSPS) is 19.9. The van der Waals surface area contributed by atoms with Gasteiger partial charge in [0, 0.05) is 62.9 Å². The van der Waals surface area contributed by atoms with E-state index in [9.17, 15) is 16.8 Å². The maximum absolute atomic E-state index is 13.1. The molecule has 4 heterocycles. The quantitative estimate of drug-likeness (QED) is 0.0540. The first-order valence-corrected chi connectivity index (χ1v) is 32.5. The number of benzene rings is 2. The van der Waals surface area contributed by atoms with Crippen LogP contribution in [0.15, 0.2) is 22.4 Å². The Balaban J connectivity index is 0.000000158. The summed E-state index contributed by atoms with van der Waals surface area (Å²) in [5, 5.41) is 20.7. The Morgan fingerprint density at radius 1 is 0.768 bits per heavy atom. The van der Waals surface area contributed by atoms with Gasteiger partial charge in [0.2, 0.25) is 11.9 Å². The van der Waals surface area contributed by atoms with E-state index in [1.165, 1.54) is 92.4 Å². The van der Waals surface area contributed by atoms with E-state index in [0.717, 1.165) is 101 Å². The number of hydrogen-bond acceptors (Lipinski definition) is 14. The van der Waals surface area contributed by atoms with Crippen molar-refractivity contribution in [2.75, 3.05) is 84.7 Å². The zero-order valence-electron chi connectivity index (χ0n) is 41.9. The van der Waals surface area contributed by atoms with Crippen LogP contribution < -0.4 is 16.0 Å². The molecule has 21 heteroatoms. The fourth-order valence-corrected chi connectivity index (χ4v) is 13.6. The van der Waals surface area contributed by atoms with Gasteiger partial charge in [-0.3, -0.25) is 0 Å². The van der Waals surface area contributed by atoms with E-state index in [2.05, 4.69) is 96.9 Å².